The number of sulfonamides is 1. The van der Waals surface area contributed by atoms with Gasteiger partial charge in [-0.15, -0.1) is 0 Å². The molecule has 1 unspecified atom stereocenters. The summed E-state index contributed by atoms with van der Waals surface area (Å²) in [5.74, 6) is -0.320. The summed E-state index contributed by atoms with van der Waals surface area (Å²) in [6.07, 6.45) is -0.290. The third-order valence-corrected chi connectivity index (χ3v) is 7.73. The Hall–Kier alpha value is -1.64. The smallest absolute Gasteiger partial charge is 0.255 e. The SMILES string of the molecule is CCN(CC)S(=O)(=O)c1ccc(Cl)c(C(=O)N2CCOC(c3ccc(Cl)cc3)C2)c1. The third-order valence-electron chi connectivity index (χ3n) is 5.11. The van der Waals surface area contributed by atoms with Crippen molar-refractivity contribution < 1.29 is 17.9 Å². The fourth-order valence-corrected chi connectivity index (χ4v) is 5.23. The van der Waals surface area contributed by atoms with Crippen molar-refractivity contribution in [1.29, 1.82) is 0 Å². The van der Waals surface area contributed by atoms with E-state index in [1.165, 1.54) is 22.5 Å². The van der Waals surface area contributed by atoms with Crippen LogP contribution < -0.4 is 0 Å². The molecule has 3 rings (SSSR count). The van der Waals surface area contributed by atoms with E-state index in [0.29, 0.717) is 37.8 Å². The van der Waals surface area contributed by atoms with E-state index in [9.17, 15) is 13.2 Å². The largest absolute Gasteiger partial charge is 0.370 e. The second-order valence-electron chi connectivity index (χ2n) is 6.89. The predicted molar refractivity (Wildman–Crippen MR) is 118 cm³/mol. The number of rotatable bonds is 6. The molecule has 9 heteroatoms. The lowest BCUT2D eigenvalue weighted by Crippen LogP contribution is -2.42. The van der Waals surface area contributed by atoms with Gasteiger partial charge in [-0.05, 0) is 35.9 Å². The number of carbonyl (C=O) groups is 1. The van der Waals surface area contributed by atoms with Crippen molar-refractivity contribution >= 4 is 39.1 Å². The van der Waals surface area contributed by atoms with Gasteiger partial charge in [-0.1, -0.05) is 49.2 Å². The maximum Gasteiger partial charge on any atom is 0.255 e. The van der Waals surface area contributed by atoms with Crippen LogP contribution in [0.25, 0.3) is 0 Å². The Morgan fingerprint density at radius 2 is 1.80 bits per heavy atom. The Balaban J connectivity index is 1.86. The number of morpholine rings is 1. The molecule has 6 nitrogen and oxygen atoms in total. The van der Waals surface area contributed by atoms with Crippen molar-refractivity contribution in [2.75, 3.05) is 32.8 Å². The zero-order valence-electron chi connectivity index (χ0n) is 16.8. The summed E-state index contributed by atoms with van der Waals surface area (Å²) in [4.78, 5) is 14.9. The zero-order chi connectivity index (χ0) is 21.9. The molecule has 0 aromatic heterocycles. The number of hydrogen-bond acceptors (Lipinski definition) is 4. The molecule has 0 spiro atoms. The van der Waals surface area contributed by atoms with Crippen LogP contribution in [0, 0.1) is 0 Å². The first-order valence-electron chi connectivity index (χ1n) is 9.74. The molecule has 0 N–H and O–H groups in total. The van der Waals surface area contributed by atoms with E-state index in [1.807, 2.05) is 12.1 Å². The zero-order valence-corrected chi connectivity index (χ0v) is 19.2. The monoisotopic (exact) mass is 470 g/mol. The summed E-state index contributed by atoms with van der Waals surface area (Å²) in [5.41, 5.74) is 1.09. The minimum Gasteiger partial charge on any atom is -0.370 e. The summed E-state index contributed by atoms with van der Waals surface area (Å²) < 4.78 is 32.9. The number of nitrogens with zero attached hydrogens (tertiary/aromatic N) is 2. The molecular formula is C21H24Cl2N2O4S. The maximum absolute atomic E-state index is 13.2. The molecule has 1 atom stereocenters. The Kier molecular flexibility index (Phi) is 7.42. The van der Waals surface area contributed by atoms with Crippen LogP contribution in [0.5, 0.6) is 0 Å². The second kappa shape index (κ2) is 9.66. The van der Waals surface area contributed by atoms with Crippen molar-refractivity contribution in [2.24, 2.45) is 0 Å². The standard InChI is InChI=1S/C21H24Cl2N2O4S/c1-3-25(4-2)30(27,28)17-9-10-19(23)18(13-17)21(26)24-11-12-29-20(14-24)15-5-7-16(22)8-6-15/h5-10,13,20H,3-4,11-12,14H2,1-2H3. The molecule has 1 fully saturated rings. The second-order valence-corrected chi connectivity index (χ2v) is 9.67. The van der Waals surface area contributed by atoms with Gasteiger partial charge in [0.05, 0.1) is 28.6 Å². The first-order chi connectivity index (χ1) is 14.3. The fourth-order valence-electron chi connectivity index (χ4n) is 3.42. The normalized spacial score (nSPS) is 17.4. The van der Waals surface area contributed by atoms with Crippen molar-refractivity contribution in [3.05, 3.63) is 63.6 Å². The molecule has 0 radical (unpaired) electrons. The Labute approximate surface area is 187 Å². The van der Waals surface area contributed by atoms with Crippen LogP contribution in [-0.2, 0) is 14.8 Å². The van der Waals surface area contributed by atoms with Crippen LogP contribution in [0.4, 0.5) is 0 Å². The summed E-state index contributed by atoms with van der Waals surface area (Å²) >= 11 is 12.2. The number of ether oxygens (including phenoxy) is 1. The Morgan fingerprint density at radius 3 is 2.43 bits per heavy atom. The highest BCUT2D eigenvalue weighted by molar-refractivity contribution is 7.89. The molecule has 0 saturated carbocycles. The highest BCUT2D eigenvalue weighted by Gasteiger charge is 2.29. The van der Waals surface area contributed by atoms with Crippen LogP contribution in [0.15, 0.2) is 47.4 Å². The number of benzene rings is 2. The lowest BCUT2D eigenvalue weighted by atomic mass is 10.1. The van der Waals surface area contributed by atoms with Crippen LogP contribution in [0.3, 0.4) is 0 Å². The van der Waals surface area contributed by atoms with E-state index >= 15 is 0 Å². The third kappa shape index (κ3) is 4.81. The van der Waals surface area contributed by atoms with Crippen molar-refractivity contribution in [1.82, 2.24) is 9.21 Å². The molecule has 1 amide bonds. The first-order valence-corrected chi connectivity index (χ1v) is 11.9. The number of carbonyl (C=O) groups excluding carboxylic acids is 1. The quantitative estimate of drug-likeness (QED) is 0.632. The van der Waals surface area contributed by atoms with E-state index in [0.717, 1.165) is 5.56 Å². The summed E-state index contributed by atoms with van der Waals surface area (Å²) in [5, 5.41) is 0.841. The summed E-state index contributed by atoms with van der Waals surface area (Å²) in [6, 6.07) is 11.5. The van der Waals surface area contributed by atoms with Gasteiger partial charge in [0.25, 0.3) is 5.91 Å². The molecular weight excluding hydrogens is 447 g/mol. The number of halogens is 2. The molecule has 162 valence electrons. The van der Waals surface area contributed by atoms with Crippen LogP contribution >= 0.6 is 23.2 Å². The molecule has 1 heterocycles. The Morgan fingerprint density at radius 1 is 1.13 bits per heavy atom. The molecule has 2 aromatic carbocycles. The molecule has 1 saturated heterocycles. The van der Waals surface area contributed by atoms with Crippen LogP contribution in [0.1, 0.15) is 35.9 Å². The van der Waals surface area contributed by atoms with Gasteiger partial charge in [0.15, 0.2) is 0 Å². The lowest BCUT2D eigenvalue weighted by Gasteiger charge is -2.33. The van der Waals surface area contributed by atoms with Crippen LogP contribution in [0.2, 0.25) is 10.0 Å². The van der Waals surface area contributed by atoms with Gasteiger partial charge >= 0.3 is 0 Å². The molecule has 30 heavy (non-hydrogen) atoms. The van der Waals surface area contributed by atoms with Gasteiger partial charge in [-0.2, -0.15) is 4.31 Å². The number of amides is 1. The topological polar surface area (TPSA) is 66.9 Å². The average molecular weight is 471 g/mol. The summed E-state index contributed by atoms with van der Waals surface area (Å²) in [6.45, 7) is 5.33. The van der Waals surface area contributed by atoms with E-state index in [2.05, 4.69) is 0 Å². The molecule has 2 aromatic rings. The summed E-state index contributed by atoms with van der Waals surface area (Å²) in [7, 11) is -3.70. The molecule has 1 aliphatic heterocycles. The van der Waals surface area contributed by atoms with Gasteiger partial charge in [-0.3, -0.25) is 4.79 Å². The highest BCUT2D eigenvalue weighted by atomic mass is 35.5. The lowest BCUT2D eigenvalue weighted by molar-refractivity contribution is -0.0228. The van der Waals surface area contributed by atoms with E-state index < -0.39 is 10.0 Å². The predicted octanol–water partition coefficient (Wildman–Crippen LogP) is 4.24. The van der Waals surface area contributed by atoms with Gasteiger partial charge < -0.3 is 9.64 Å². The molecule has 0 bridgehead atoms. The average Bonchev–Trinajstić information content (AvgIpc) is 2.74. The van der Waals surface area contributed by atoms with E-state index in [-0.39, 0.29) is 27.5 Å². The van der Waals surface area contributed by atoms with Crippen molar-refractivity contribution in [2.45, 2.75) is 24.8 Å². The highest BCUT2D eigenvalue weighted by Crippen LogP contribution is 2.28. The maximum atomic E-state index is 13.2. The first kappa shape index (κ1) is 23.0. The van der Waals surface area contributed by atoms with Gasteiger partial charge in [0, 0.05) is 24.7 Å². The van der Waals surface area contributed by atoms with E-state index in [1.54, 1.807) is 30.9 Å². The number of hydrogen-bond donors (Lipinski definition) is 0. The van der Waals surface area contributed by atoms with Crippen molar-refractivity contribution in [3.8, 4) is 0 Å². The van der Waals surface area contributed by atoms with E-state index in [4.69, 9.17) is 27.9 Å². The minimum absolute atomic E-state index is 0.0569. The Bertz CT molecular complexity index is 1010. The minimum atomic E-state index is -3.70. The van der Waals surface area contributed by atoms with Crippen molar-refractivity contribution in [3.63, 3.8) is 0 Å². The van der Waals surface area contributed by atoms with Gasteiger partial charge in [0.1, 0.15) is 6.10 Å². The van der Waals surface area contributed by atoms with Gasteiger partial charge in [-0.25, -0.2) is 8.42 Å². The molecule has 0 aliphatic carbocycles. The fraction of sp³-hybridized carbons (Fsp3) is 0.381. The van der Waals surface area contributed by atoms with Gasteiger partial charge in [0.2, 0.25) is 10.0 Å². The van der Waals surface area contributed by atoms with Crippen LogP contribution in [-0.4, -0.2) is 56.3 Å². The molecule has 1 aliphatic rings.